The highest BCUT2D eigenvalue weighted by Gasteiger charge is 2.31. The summed E-state index contributed by atoms with van der Waals surface area (Å²) in [5, 5.41) is 2.82. The van der Waals surface area contributed by atoms with Crippen LogP contribution in [0.1, 0.15) is 36.8 Å². The molecule has 3 rings (SSSR count). The van der Waals surface area contributed by atoms with E-state index < -0.39 is 23.4 Å². The van der Waals surface area contributed by atoms with Crippen molar-refractivity contribution in [2.45, 2.75) is 50.4 Å². The van der Waals surface area contributed by atoms with E-state index in [1.165, 1.54) is 12.1 Å². The van der Waals surface area contributed by atoms with Gasteiger partial charge in [0, 0.05) is 24.4 Å². The largest absolute Gasteiger partial charge is 0.474 e. The van der Waals surface area contributed by atoms with Gasteiger partial charge < -0.3 is 10.1 Å². The first-order valence-corrected chi connectivity index (χ1v) is 9.14. The van der Waals surface area contributed by atoms with Gasteiger partial charge in [0.05, 0.1) is 12.0 Å². The lowest BCUT2D eigenvalue weighted by Crippen LogP contribution is -2.40. The van der Waals surface area contributed by atoms with Crippen molar-refractivity contribution in [2.24, 2.45) is 0 Å². The first-order chi connectivity index (χ1) is 13.7. The number of amides is 1. The number of halogens is 5. The number of benzene rings is 1. The Morgan fingerprint density at radius 2 is 1.83 bits per heavy atom. The lowest BCUT2D eigenvalue weighted by atomic mass is 9.92. The molecule has 1 amide bonds. The van der Waals surface area contributed by atoms with Crippen LogP contribution in [0.5, 0.6) is 5.88 Å². The maximum absolute atomic E-state index is 13.6. The number of hydrogen-bond donors (Lipinski definition) is 1. The SMILES string of the molecule is O=C(Cc1ccc(F)cc1F)NC1CCC(Oc2ccc(C(F)(F)F)cn2)CC1. The summed E-state index contributed by atoms with van der Waals surface area (Å²) in [5.41, 5.74) is -0.719. The first kappa shape index (κ1) is 21.0. The molecule has 156 valence electrons. The molecular weight excluding hydrogens is 395 g/mol. The third-order valence-electron chi connectivity index (χ3n) is 4.76. The highest BCUT2D eigenvalue weighted by Crippen LogP contribution is 2.30. The molecule has 1 fully saturated rings. The Morgan fingerprint density at radius 3 is 2.41 bits per heavy atom. The number of pyridine rings is 1. The molecule has 9 heteroatoms. The molecule has 0 unspecified atom stereocenters. The van der Waals surface area contributed by atoms with Crippen LogP contribution in [0.2, 0.25) is 0 Å². The topological polar surface area (TPSA) is 51.2 Å². The average Bonchev–Trinajstić information content (AvgIpc) is 2.65. The van der Waals surface area contributed by atoms with E-state index in [9.17, 15) is 26.7 Å². The molecular formula is C20H19F5N2O2. The maximum atomic E-state index is 13.6. The summed E-state index contributed by atoms with van der Waals surface area (Å²) in [4.78, 5) is 15.8. The number of hydrogen-bond acceptors (Lipinski definition) is 3. The monoisotopic (exact) mass is 414 g/mol. The van der Waals surface area contributed by atoms with E-state index in [0.29, 0.717) is 25.7 Å². The molecule has 1 heterocycles. The summed E-state index contributed by atoms with van der Waals surface area (Å²) < 4.78 is 69.8. The Morgan fingerprint density at radius 1 is 1.10 bits per heavy atom. The summed E-state index contributed by atoms with van der Waals surface area (Å²) in [5.74, 6) is -1.70. The fourth-order valence-corrected chi connectivity index (χ4v) is 3.23. The van der Waals surface area contributed by atoms with E-state index in [-0.39, 0.29) is 35.9 Å². The second-order valence-corrected chi connectivity index (χ2v) is 6.95. The van der Waals surface area contributed by atoms with Crippen LogP contribution in [-0.2, 0) is 17.4 Å². The Kier molecular flexibility index (Phi) is 6.34. The molecule has 0 bridgehead atoms. The third kappa shape index (κ3) is 5.88. The van der Waals surface area contributed by atoms with Gasteiger partial charge in [0.2, 0.25) is 11.8 Å². The fourth-order valence-electron chi connectivity index (χ4n) is 3.23. The summed E-state index contributed by atoms with van der Waals surface area (Å²) in [6, 6.07) is 5.08. The smallest absolute Gasteiger partial charge is 0.417 e. The number of rotatable bonds is 5. The summed E-state index contributed by atoms with van der Waals surface area (Å²) in [7, 11) is 0. The molecule has 1 aromatic carbocycles. The van der Waals surface area contributed by atoms with Gasteiger partial charge >= 0.3 is 6.18 Å². The number of carbonyl (C=O) groups excluding carboxylic acids is 1. The minimum absolute atomic E-state index is 0.105. The maximum Gasteiger partial charge on any atom is 0.417 e. The lowest BCUT2D eigenvalue weighted by Gasteiger charge is -2.29. The van der Waals surface area contributed by atoms with Gasteiger partial charge in [-0.1, -0.05) is 6.07 Å². The van der Waals surface area contributed by atoms with Crippen molar-refractivity contribution < 1.29 is 31.5 Å². The molecule has 0 spiro atoms. The molecule has 1 saturated carbocycles. The van der Waals surface area contributed by atoms with E-state index in [0.717, 1.165) is 24.4 Å². The Hall–Kier alpha value is -2.71. The van der Waals surface area contributed by atoms with Crippen molar-refractivity contribution in [3.8, 4) is 5.88 Å². The van der Waals surface area contributed by atoms with Gasteiger partial charge in [0.1, 0.15) is 17.7 Å². The molecule has 1 N–H and O–H groups in total. The molecule has 2 aromatic rings. The van der Waals surface area contributed by atoms with Crippen LogP contribution in [-0.4, -0.2) is 23.0 Å². The zero-order chi connectivity index (χ0) is 21.0. The summed E-state index contributed by atoms with van der Waals surface area (Å²) >= 11 is 0. The Bertz CT molecular complexity index is 847. The Balaban J connectivity index is 1.45. The van der Waals surface area contributed by atoms with Crippen LogP contribution < -0.4 is 10.1 Å². The van der Waals surface area contributed by atoms with Crippen molar-refractivity contribution in [1.82, 2.24) is 10.3 Å². The van der Waals surface area contributed by atoms with Gasteiger partial charge in [-0.2, -0.15) is 13.2 Å². The van der Waals surface area contributed by atoms with Crippen molar-refractivity contribution in [3.63, 3.8) is 0 Å². The number of alkyl halides is 3. The standard InChI is InChI=1S/C20H19F5N2O2/c21-14-3-1-12(17(22)10-14)9-18(28)27-15-4-6-16(7-5-15)29-19-8-2-13(11-26-19)20(23,24)25/h1-3,8,10-11,15-16H,4-7,9H2,(H,27,28). The highest BCUT2D eigenvalue weighted by molar-refractivity contribution is 5.78. The van der Waals surface area contributed by atoms with Crippen molar-refractivity contribution in [2.75, 3.05) is 0 Å². The third-order valence-corrected chi connectivity index (χ3v) is 4.76. The van der Waals surface area contributed by atoms with Gasteiger partial charge in [0.15, 0.2) is 0 Å². The second-order valence-electron chi connectivity index (χ2n) is 6.95. The summed E-state index contributed by atoms with van der Waals surface area (Å²) in [6.07, 6.45) is -1.68. The van der Waals surface area contributed by atoms with E-state index in [4.69, 9.17) is 4.74 Å². The quantitative estimate of drug-likeness (QED) is 0.737. The molecule has 1 aliphatic carbocycles. The predicted octanol–water partition coefficient (Wildman–Crippen LogP) is 4.43. The number of aromatic nitrogens is 1. The molecule has 29 heavy (non-hydrogen) atoms. The lowest BCUT2D eigenvalue weighted by molar-refractivity contribution is -0.137. The van der Waals surface area contributed by atoms with Crippen LogP contribution in [0.3, 0.4) is 0 Å². The van der Waals surface area contributed by atoms with Crippen LogP contribution in [0.4, 0.5) is 22.0 Å². The zero-order valence-corrected chi connectivity index (χ0v) is 15.3. The molecule has 1 aliphatic rings. The van der Waals surface area contributed by atoms with Crippen LogP contribution in [0.25, 0.3) is 0 Å². The molecule has 0 saturated heterocycles. The van der Waals surface area contributed by atoms with Crippen molar-refractivity contribution in [3.05, 3.63) is 59.3 Å². The fraction of sp³-hybridized carbons (Fsp3) is 0.400. The number of ether oxygens (including phenoxy) is 1. The average molecular weight is 414 g/mol. The van der Waals surface area contributed by atoms with Crippen LogP contribution in [0, 0.1) is 11.6 Å². The van der Waals surface area contributed by atoms with Gasteiger partial charge in [0.25, 0.3) is 0 Å². The van der Waals surface area contributed by atoms with Gasteiger partial charge in [-0.3, -0.25) is 4.79 Å². The second kappa shape index (κ2) is 8.75. The minimum atomic E-state index is -4.45. The van der Waals surface area contributed by atoms with E-state index in [2.05, 4.69) is 10.3 Å². The highest BCUT2D eigenvalue weighted by atomic mass is 19.4. The summed E-state index contributed by atoms with van der Waals surface area (Å²) in [6.45, 7) is 0. The number of nitrogens with zero attached hydrogens (tertiary/aromatic N) is 1. The molecule has 4 nitrogen and oxygen atoms in total. The number of nitrogens with one attached hydrogen (secondary N) is 1. The molecule has 0 radical (unpaired) electrons. The van der Waals surface area contributed by atoms with E-state index >= 15 is 0 Å². The van der Waals surface area contributed by atoms with Crippen molar-refractivity contribution >= 4 is 5.91 Å². The molecule has 0 atom stereocenters. The van der Waals surface area contributed by atoms with Crippen molar-refractivity contribution in [1.29, 1.82) is 0 Å². The molecule has 0 aliphatic heterocycles. The van der Waals surface area contributed by atoms with E-state index in [1.807, 2.05) is 0 Å². The van der Waals surface area contributed by atoms with E-state index in [1.54, 1.807) is 0 Å². The van der Waals surface area contributed by atoms with Gasteiger partial charge in [-0.25, -0.2) is 13.8 Å². The van der Waals surface area contributed by atoms with Crippen LogP contribution >= 0.6 is 0 Å². The Labute approximate surface area is 164 Å². The predicted molar refractivity (Wildman–Crippen MR) is 94.1 cm³/mol. The van der Waals surface area contributed by atoms with Gasteiger partial charge in [-0.05, 0) is 43.4 Å². The first-order valence-electron chi connectivity index (χ1n) is 9.14. The van der Waals surface area contributed by atoms with Crippen LogP contribution in [0.15, 0.2) is 36.5 Å². The van der Waals surface area contributed by atoms with Gasteiger partial charge in [-0.15, -0.1) is 0 Å². The normalized spacial score (nSPS) is 19.6. The molecule has 1 aromatic heterocycles. The minimum Gasteiger partial charge on any atom is -0.474 e. The number of carbonyl (C=O) groups is 1. The zero-order valence-electron chi connectivity index (χ0n) is 15.3.